The van der Waals surface area contributed by atoms with E-state index in [2.05, 4.69) is 6.92 Å². The fraction of sp³-hybridized carbons (Fsp3) is 0.846. The molecule has 0 aliphatic rings. The van der Waals surface area contributed by atoms with E-state index in [1.165, 1.54) is 32.1 Å². The van der Waals surface area contributed by atoms with Crippen molar-refractivity contribution in [2.75, 3.05) is 0 Å². The number of rotatable bonds is 10. The van der Waals surface area contributed by atoms with Gasteiger partial charge in [-0.1, -0.05) is 51.9 Å². The van der Waals surface area contributed by atoms with Gasteiger partial charge in [-0.3, -0.25) is 4.79 Å². The molecule has 16 heavy (non-hydrogen) atoms. The molecule has 3 nitrogen and oxygen atoms in total. The average Bonchev–Trinajstić information content (AvgIpc) is 2.26. The zero-order valence-corrected chi connectivity index (χ0v) is 10.2. The van der Waals surface area contributed by atoms with Crippen molar-refractivity contribution in [3.63, 3.8) is 0 Å². The summed E-state index contributed by atoms with van der Waals surface area (Å²) in [6.07, 6.45) is 9.11. The van der Waals surface area contributed by atoms with Crippen LogP contribution in [0.25, 0.3) is 0 Å². The number of carboxylic acids is 1. The Morgan fingerprint density at radius 3 is 2.25 bits per heavy atom. The van der Waals surface area contributed by atoms with Gasteiger partial charge in [0.25, 0.3) is 0 Å². The SMILES string of the molecule is CCCCCCCCCC(CC#N)C(=O)O. The molecule has 0 amide bonds. The summed E-state index contributed by atoms with van der Waals surface area (Å²) in [7, 11) is 0. The van der Waals surface area contributed by atoms with Crippen LogP contribution in [0.3, 0.4) is 0 Å². The van der Waals surface area contributed by atoms with Crippen LogP contribution in [0.2, 0.25) is 0 Å². The van der Waals surface area contributed by atoms with Crippen LogP contribution in [0.1, 0.15) is 64.7 Å². The Balaban J connectivity index is 3.41. The van der Waals surface area contributed by atoms with Crippen LogP contribution in [0.15, 0.2) is 0 Å². The van der Waals surface area contributed by atoms with Crippen LogP contribution in [0, 0.1) is 17.2 Å². The second-order valence-electron chi connectivity index (χ2n) is 4.31. The standard InChI is InChI=1S/C13H23NO2/c1-2-3-4-5-6-7-8-9-12(10-11-14)13(15)16/h12H,2-10H2,1H3,(H,15,16). The minimum absolute atomic E-state index is 0.144. The number of unbranched alkanes of at least 4 members (excludes halogenated alkanes) is 6. The predicted octanol–water partition coefficient (Wildman–Crippen LogP) is 3.74. The highest BCUT2D eigenvalue weighted by Gasteiger charge is 2.15. The van der Waals surface area contributed by atoms with Crippen LogP contribution in [0.5, 0.6) is 0 Å². The summed E-state index contributed by atoms with van der Waals surface area (Å²) in [5.41, 5.74) is 0. The molecule has 0 fully saturated rings. The molecule has 0 heterocycles. The van der Waals surface area contributed by atoms with Crippen molar-refractivity contribution in [2.45, 2.75) is 64.7 Å². The first-order chi connectivity index (χ1) is 7.72. The molecule has 0 spiro atoms. The lowest BCUT2D eigenvalue weighted by Crippen LogP contribution is -2.12. The molecule has 0 aromatic carbocycles. The molecule has 0 saturated heterocycles. The van der Waals surface area contributed by atoms with Crippen LogP contribution in [-0.4, -0.2) is 11.1 Å². The molecule has 0 aromatic heterocycles. The highest BCUT2D eigenvalue weighted by molar-refractivity contribution is 5.70. The van der Waals surface area contributed by atoms with Crippen molar-refractivity contribution in [3.8, 4) is 6.07 Å². The molecule has 0 bridgehead atoms. The van der Waals surface area contributed by atoms with Gasteiger partial charge >= 0.3 is 5.97 Å². The molecule has 0 radical (unpaired) electrons. The number of nitriles is 1. The molecule has 0 aliphatic carbocycles. The Hall–Kier alpha value is -1.04. The van der Waals surface area contributed by atoms with Crippen LogP contribution in [0.4, 0.5) is 0 Å². The minimum atomic E-state index is -0.826. The molecule has 0 rings (SSSR count). The van der Waals surface area contributed by atoms with E-state index in [1.807, 2.05) is 6.07 Å². The summed E-state index contributed by atoms with van der Waals surface area (Å²) in [5.74, 6) is -1.28. The highest BCUT2D eigenvalue weighted by atomic mass is 16.4. The third-order valence-electron chi connectivity index (χ3n) is 2.84. The van der Waals surface area contributed by atoms with Crippen molar-refractivity contribution < 1.29 is 9.90 Å². The third kappa shape index (κ3) is 8.28. The number of hydrogen-bond donors (Lipinski definition) is 1. The van der Waals surface area contributed by atoms with E-state index in [-0.39, 0.29) is 6.42 Å². The van der Waals surface area contributed by atoms with Gasteiger partial charge in [0.2, 0.25) is 0 Å². The lowest BCUT2D eigenvalue weighted by atomic mass is 9.98. The number of carbonyl (C=O) groups is 1. The van der Waals surface area contributed by atoms with Gasteiger partial charge in [0.05, 0.1) is 12.0 Å². The molecule has 0 aliphatic heterocycles. The first kappa shape index (κ1) is 15.0. The minimum Gasteiger partial charge on any atom is -0.481 e. The van der Waals surface area contributed by atoms with E-state index in [0.29, 0.717) is 6.42 Å². The number of hydrogen-bond acceptors (Lipinski definition) is 2. The first-order valence-corrected chi connectivity index (χ1v) is 6.32. The second-order valence-corrected chi connectivity index (χ2v) is 4.31. The number of carboxylic acid groups (broad SMARTS) is 1. The monoisotopic (exact) mass is 225 g/mol. The summed E-state index contributed by atoms with van der Waals surface area (Å²) < 4.78 is 0. The molecule has 3 heteroatoms. The molecule has 1 atom stereocenters. The summed E-state index contributed by atoms with van der Waals surface area (Å²) in [5, 5.41) is 17.3. The van der Waals surface area contributed by atoms with Crippen molar-refractivity contribution in [1.29, 1.82) is 5.26 Å². The number of aliphatic carboxylic acids is 1. The zero-order chi connectivity index (χ0) is 12.2. The Morgan fingerprint density at radius 2 is 1.75 bits per heavy atom. The molecule has 92 valence electrons. The maximum absolute atomic E-state index is 10.7. The van der Waals surface area contributed by atoms with Gasteiger partial charge in [0.1, 0.15) is 0 Å². The molecule has 0 aromatic rings. The maximum atomic E-state index is 10.7. The first-order valence-electron chi connectivity index (χ1n) is 6.32. The highest BCUT2D eigenvalue weighted by Crippen LogP contribution is 2.15. The molecule has 1 N–H and O–H groups in total. The van der Waals surface area contributed by atoms with Crippen molar-refractivity contribution >= 4 is 5.97 Å². The molecular weight excluding hydrogens is 202 g/mol. The molecule has 1 unspecified atom stereocenters. The van der Waals surface area contributed by atoms with Gasteiger partial charge < -0.3 is 5.11 Å². The van der Waals surface area contributed by atoms with Gasteiger partial charge in [0, 0.05) is 6.42 Å². The van der Waals surface area contributed by atoms with E-state index in [0.717, 1.165) is 12.8 Å². The summed E-state index contributed by atoms with van der Waals surface area (Å²) in [6.45, 7) is 2.19. The van der Waals surface area contributed by atoms with Crippen LogP contribution in [-0.2, 0) is 4.79 Å². The smallest absolute Gasteiger partial charge is 0.307 e. The Bertz CT molecular complexity index is 220. The van der Waals surface area contributed by atoms with Crippen molar-refractivity contribution in [2.24, 2.45) is 5.92 Å². The summed E-state index contributed by atoms with van der Waals surface area (Å²) >= 11 is 0. The van der Waals surface area contributed by atoms with E-state index in [4.69, 9.17) is 10.4 Å². The normalized spacial score (nSPS) is 12.0. The van der Waals surface area contributed by atoms with Gasteiger partial charge in [-0.25, -0.2) is 0 Å². The fourth-order valence-corrected chi connectivity index (χ4v) is 1.77. The lowest BCUT2D eigenvalue weighted by molar-refractivity contribution is -0.141. The third-order valence-corrected chi connectivity index (χ3v) is 2.84. The predicted molar refractivity (Wildman–Crippen MR) is 64.0 cm³/mol. The topological polar surface area (TPSA) is 61.1 Å². The average molecular weight is 225 g/mol. The van der Waals surface area contributed by atoms with E-state index >= 15 is 0 Å². The lowest BCUT2D eigenvalue weighted by Gasteiger charge is -2.07. The molecule has 0 saturated carbocycles. The van der Waals surface area contributed by atoms with Crippen molar-refractivity contribution in [1.82, 2.24) is 0 Å². The van der Waals surface area contributed by atoms with Gasteiger partial charge in [-0.2, -0.15) is 5.26 Å². The van der Waals surface area contributed by atoms with Crippen LogP contribution < -0.4 is 0 Å². The van der Waals surface area contributed by atoms with Gasteiger partial charge in [-0.05, 0) is 6.42 Å². The Labute approximate surface area is 98.5 Å². The van der Waals surface area contributed by atoms with E-state index in [1.54, 1.807) is 0 Å². The van der Waals surface area contributed by atoms with Gasteiger partial charge in [0.15, 0.2) is 0 Å². The van der Waals surface area contributed by atoms with E-state index < -0.39 is 11.9 Å². The second kappa shape index (κ2) is 10.5. The number of nitrogens with zero attached hydrogens (tertiary/aromatic N) is 1. The maximum Gasteiger partial charge on any atom is 0.307 e. The quantitative estimate of drug-likeness (QED) is 0.576. The van der Waals surface area contributed by atoms with E-state index in [9.17, 15) is 4.79 Å². The van der Waals surface area contributed by atoms with Gasteiger partial charge in [-0.15, -0.1) is 0 Å². The Morgan fingerprint density at radius 1 is 1.19 bits per heavy atom. The zero-order valence-electron chi connectivity index (χ0n) is 10.2. The summed E-state index contributed by atoms with van der Waals surface area (Å²) in [4.78, 5) is 10.7. The Kier molecular flexibility index (Phi) is 9.80. The fourth-order valence-electron chi connectivity index (χ4n) is 1.77. The largest absolute Gasteiger partial charge is 0.481 e. The van der Waals surface area contributed by atoms with Crippen LogP contribution >= 0.6 is 0 Å². The summed E-state index contributed by atoms with van der Waals surface area (Å²) in [6, 6.07) is 1.94. The van der Waals surface area contributed by atoms with Crippen molar-refractivity contribution in [3.05, 3.63) is 0 Å². The molecular formula is C13H23NO2.